The van der Waals surface area contributed by atoms with E-state index in [9.17, 15) is 24.3 Å². The standard InChI is InChI=1S/C28H40N8O7/c1-36-12-8-27-21-15-4-5-18(22(21)43-23(27)17(37)6-7-28(27,41)19(36)13-15)42-26(40)34-11-10-32-24(39)16(35-20(38)14-29)3-2-9-33-25(30)31/h4-5,16,19,23,41H,2-3,6-14,29H2,1H3,(H,32,39)(H,34,40)(H,35,38)(H4,30,31,33)/t16-,19?,23?,27?,28+/m0/s1. The lowest BCUT2D eigenvalue weighted by atomic mass is 9.49. The quantitative estimate of drug-likeness (QED) is 0.0813. The van der Waals surface area contributed by atoms with Crippen LogP contribution in [-0.4, -0.2) is 103 Å². The molecule has 1 spiro atoms. The molecule has 1 aromatic rings. The minimum absolute atomic E-state index is 0.0378. The lowest BCUT2D eigenvalue weighted by Gasteiger charge is -2.61. The molecule has 2 aliphatic carbocycles. The Morgan fingerprint density at radius 2 is 2.00 bits per heavy atom. The molecule has 5 rings (SSSR count). The number of carbonyl (C=O) groups is 4. The van der Waals surface area contributed by atoms with Crippen molar-refractivity contribution in [3.05, 3.63) is 23.3 Å². The van der Waals surface area contributed by atoms with E-state index in [1.807, 2.05) is 13.1 Å². The van der Waals surface area contributed by atoms with E-state index < -0.39 is 41.1 Å². The Bertz CT molecular complexity index is 1330. The van der Waals surface area contributed by atoms with Crippen LogP contribution < -0.4 is 42.6 Å². The Morgan fingerprint density at radius 1 is 1.23 bits per heavy atom. The average Bonchev–Trinajstić information content (AvgIpc) is 3.33. The Balaban J connectivity index is 1.20. The molecule has 1 saturated heterocycles. The third kappa shape index (κ3) is 5.36. The first-order chi connectivity index (χ1) is 20.5. The zero-order valence-corrected chi connectivity index (χ0v) is 24.2. The number of likely N-dealkylation sites (tertiary alicyclic amines) is 1. The molecular formula is C28H40N8O7. The van der Waals surface area contributed by atoms with E-state index >= 15 is 0 Å². The number of piperidine rings is 1. The number of rotatable bonds is 11. The molecular weight excluding hydrogens is 560 g/mol. The van der Waals surface area contributed by atoms with Crippen molar-refractivity contribution < 1.29 is 33.8 Å². The molecule has 234 valence electrons. The Hall–Kier alpha value is -3.95. The highest BCUT2D eigenvalue weighted by Gasteiger charge is 2.72. The van der Waals surface area contributed by atoms with Gasteiger partial charge in [-0.15, -0.1) is 0 Å². The second-order valence-electron chi connectivity index (χ2n) is 11.6. The molecule has 3 unspecified atom stereocenters. The summed E-state index contributed by atoms with van der Waals surface area (Å²) >= 11 is 0. The van der Waals surface area contributed by atoms with Crippen molar-refractivity contribution in [3.63, 3.8) is 0 Å². The normalized spacial score (nSPS) is 27.3. The Kier molecular flexibility index (Phi) is 8.49. The summed E-state index contributed by atoms with van der Waals surface area (Å²) in [6.07, 6.45) is 0.881. The van der Waals surface area contributed by atoms with Gasteiger partial charge in [0.1, 0.15) is 6.04 Å². The first-order valence-corrected chi connectivity index (χ1v) is 14.6. The minimum atomic E-state index is -1.12. The van der Waals surface area contributed by atoms with Crippen LogP contribution in [0.15, 0.2) is 17.1 Å². The van der Waals surface area contributed by atoms with Crippen LogP contribution in [0.25, 0.3) is 0 Å². The molecule has 4 aliphatic rings. The highest BCUT2D eigenvalue weighted by atomic mass is 16.6. The number of hydrogen-bond donors (Lipinski definition) is 7. The van der Waals surface area contributed by atoms with E-state index in [4.69, 9.17) is 26.7 Å². The minimum Gasteiger partial charge on any atom is -0.477 e. The van der Waals surface area contributed by atoms with Gasteiger partial charge in [0.2, 0.25) is 11.8 Å². The Labute approximate surface area is 248 Å². The summed E-state index contributed by atoms with van der Waals surface area (Å²) in [5.41, 5.74) is 15.8. The zero-order valence-electron chi connectivity index (χ0n) is 24.2. The number of aliphatic hydroxyl groups is 1. The number of nitrogens with zero attached hydrogens (tertiary/aromatic N) is 2. The fourth-order valence-electron chi connectivity index (χ4n) is 7.24. The predicted octanol–water partition coefficient (Wildman–Crippen LogP) is -2.26. The molecule has 5 atom stereocenters. The fourth-order valence-corrected chi connectivity index (χ4v) is 7.24. The number of hydrogen-bond acceptors (Lipinski definition) is 10. The van der Waals surface area contributed by atoms with E-state index in [2.05, 4.69) is 25.8 Å². The third-order valence-corrected chi connectivity index (χ3v) is 9.19. The number of ketones is 1. The molecule has 15 heteroatoms. The first-order valence-electron chi connectivity index (χ1n) is 14.6. The molecule has 2 fully saturated rings. The van der Waals surface area contributed by atoms with Crippen LogP contribution in [0.5, 0.6) is 11.5 Å². The van der Waals surface area contributed by atoms with Gasteiger partial charge < -0.3 is 52.6 Å². The zero-order chi connectivity index (χ0) is 30.9. The van der Waals surface area contributed by atoms with E-state index in [0.29, 0.717) is 44.5 Å². The highest BCUT2D eigenvalue weighted by molar-refractivity contribution is 5.90. The average molecular weight is 601 g/mol. The molecule has 2 aliphatic heterocycles. The maximum atomic E-state index is 13.1. The lowest BCUT2D eigenvalue weighted by molar-refractivity contribution is -0.185. The van der Waals surface area contributed by atoms with Crippen molar-refractivity contribution in [2.45, 2.75) is 67.7 Å². The van der Waals surface area contributed by atoms with Gasteiger partial charge in [0.15, 0.2) is 29.3 Å². The van der Waals surface area contributed by atoms with Crippen molar-refractivity contribution in [1.29, 1.82) is 0 Å². The molecule has 2 bridgehead atoms. The van der Waals surface area contributed by atoms with Gasteiger partial charge in [-0.1, -0.05) is 6.07 Å². The molecule has 0 aromatic heterocycles. The van der Waals surface area contributed by atoms with E-state index in [1.54, 1.807) is 6.07 Å². The molecule has 3 amide bonds. The van der Waals surface area contributed by atoms with E-state index in [-0.39, 0.29) is 56.0 Å². The van der Waals surface area contributed by atoms with Gasteiger partial charge in [-0.05, 0) is 57.3 Å². The third-order valence-electron chi connectivity index (χ3n) is 9.19. The molecule has 43 heavy (non-hydrogen) atoms. The summed E-state index contributed by atoms with van der Waals surface area (Å²) < 4.78 is 11.9. The van der Waals surface area contributed by atoms with Crippen molar-refractivity contribution >= 4 is 29.7 Å². The summed E-state index contributed by atoms with van der Waals surface area (Å²) in [5.74, 6) is -0.555. The SMILES string of the molecule is CN1CCC23c4c5ccc(OC(=O)NCCNC(=O)[C@H](CCCN=C(N)N)NC(=O)CN)c4OC2C(=O)CC[C@@]3(O)C1C5. The number of nitrogens with two attached hydrogens (primary N) is 3. The maximum Gasteiger partial charge on any atom is 0.412 e. The topological polar surface area (TPSA) is 237 Å². The number of amides is 3. The van der Waals surface area contributed by atoms with Crippen LogP contribution in [0, 0.1) is 0 Å². The number of benzene rings is 1. The smallest absolute Gasteiger partial charge is 0.412 e. The molecule has 1 saturated carbocycles. The number of likely N-dealkylation sites (N-methyl/N-ethyl adjacent to an activating group) is 1. The number of nitrogens with one attached hydrogen (secondary N) is 3. The largest absolute Gasteiger partial charge is 0.477 e. The summed E-state index contributed by atoms with van der Waals surface area (Å²) in [7, 11) is 2.00. The van der Waals surface area contributed by atoms with Gasteiger partial charge in [-0.25, -0.2) is 4.79 Å². The van der Waals surface area contributed by atoms with Gasteiger partial charge >= 0.3 is 6.09 Å². The molecule has 1 aromatic carbocycles. The molecule has 10 N–H and O–H groups in total. The maximum absolute atomic E-state index is 13.1. The van der Waals surface area contributed by atoms with Gasteiger partial charge in [0.25, 0.3) is 0 Å². The van der Waals surface area contributed by atoms with Gasteiger partial charge in [0, 0.05) is 37.7 Å². The van der Waals surface area contributed by atoms with E-state index in [0.717, 1.165) is 11.1 Å². The van der Waals surface area contributed by atoms with Gasteiger partial charge in [-0.3, -0.25) is 19.4 Å². The van der Waals surface area contributed by atoms with Crippen LogP contribution in [0.4, 0.5) is 4.79 Å². The van der Waals surface area contributed by atoms with Crippen LogP contribution >= 0.6 is 0 Å². The summed E-state index contributed by atoms with van der Waals surface area (Å²) in [5, 5.41) is 19.9. The lowest BCUT2D eigenvalue weighted by Crippen LogP contribution is -2.76. The monoisotopic (exact) mass is 600 g/mol. The second-order valence-corrected chi connectivity index (χ2v) is 11.6. The second kappa shape index (κ2) is 12.0. The summed E-state index contributed by atoms with van der Waals surface area (Å²) in [4.78, 5) is 56.3. The molecule has 15 nitrogen and oxygen atoms in total. The fraction of sp³-hybridized carbons (Fsp3) is 0.607. The number of aliphatic imine (C=N–C) groups is 1. The predicted molar refractivity (Wildman–Crippen MR) is 154 cm³/mol. The van der Waals surface area contributed by atoms with E-state index in [1.165, 1.54) is 0 Å². The van der Waals surface area contributed by atoms with Crippen molar-refractivity contribution in [2.75, 3.05) is 39.8 Å². The number of ether oxygens (including phenoxy) is 2. The summed E-state index contributed by atoms with van der Waals surface area (Å²) in [6.45, 7) is 0.831. The Morgan fingerprint density at radius 3 is 2.74 bits per heavy atom. The molecule has 0 radical (unpaired) electrons. The van der Waals surface area contributed by atoms with Gasteiger partial charge in [-0.2, -0.15) is 0 Å². The van der Waals surface area contributed by atoms with Crippen molar-refractivity contribution in [3.8, 4) is 11.5 Å². The molecule has 2 heterocycles. The van der Waals surface area contributed by atoms with Crippen LogP contribution in [0.1, 0.15) is 43.2 Å². The van der Waals surface area contributed by atoms with Crippen LogP contribution in [0.3, 0.4) is 0 Å². The number of carbonyl (C=O) groups excluding carboxylic acids is 4. The first kappa shape index (κ1) is 30.5. The number of guanidine groups is 1. The van der Waals surface area contributed by atoms with Crippen molar-refractivity contribution in [1.82, 2.24) is 20.9 Å². The van der Waals surface area contributed by atoms with Crippen LogP contribution in [-0.2, 0) is 26.2 Å². The number of Topliss-reactive ketones (excluding diaryl/α,β-unsaturated/α-hetero) is 1. The van der Waals surface area contributed by atoms with Crippen molar-refractivity contribution in [2.24, 2.45) is 22.2 Å². The highest BCUT2D eigenvalue weighted by Crippen LogP contribution is 2.64. The van der Waals surface area contributed by atoms with Gasteiger partial charge in [0.05, 0.1) is 17.6 Å². The van der Waals surface area contributed by atoms with Crippen LogP contribution in [0.2, 0.25) is 0 Å². The summed E-state index contributed by atoms with van der Waals surface area (Å²) in [6, 6.07) is 2.55.